The molecule has 178 valence electrons. The van der Waals surface area contributed by atoms with Crippen LogP contribution < -0.4 is 10.6 Å². The first kappa shape index (κ1) is 24.4. The number of aliphatic imine (C=N–C) groups is 1. The lowest BCUT2D eigenvalue weighted by atomic mass is 9.91. The molecular formula is C25H41N5O2. The van der Waals surface area contributed by atoms with Crippen molar-refractivity contribution < 1.29 is 9.53 Å². The SMILES string of the molecule is CCOC(=O)N1CCC(NC(=NC)NCc2ccc(CN3CC(C)CC(C)C3)cc2)CC1. The maximum absolute atomic E-state index is 11.9. The highest BCUT2D eigenvalue weighted by Gasteiger charge is 2.24. The van der Waals surface area contributed by atoms with Crippen LogP contribution in [0.4, 0.5) is 4.79 Å². The Morgan fingerprint density at radius 1 is 1.09 bits per heavy atom. The number of carbonyl (C=O) groups excluding carboxylic acids is 1. The van der Waals surface area contributed by atoms with Gasteiger partial charge in [-0.05, 0) is 49.1 Å². The summed E-state index contributed by atoms with van der Waals surface area (Å²) in [5.41, 5.74) is 2.63. The van der Waals surface area contributed by atoms with Crippen LogP contribution in [0.1, 0.15) is 51.2 Å². The van der Waals surface area contributed by atoms with Crippen molar-refractivity contribution in [3.05, 3.63) is 35.4 Å². The summed E-state index contributed by atoms with van der Waals surface area (Å²) in [6, 6.07) is 9.24. The van der Waals surface area contributed by atoms with E-state index >= 15 is 0 Å². The molecule has 2 fully saturated rings. The van der Waals surface area contributed by atoms with Crippen LogP contribution in [-0.2, 0) is 17.8 Å². The summed E-state index contributed by atoms with van der Waals surface area (Å²) in [4.78, 5) is 20.6. The first-order chi connectivity index (χ1) is 15.5. The fourth-order valence-corrected chi connectivity index (χ4v) is 4.94. The molecule has 0 spiro atoms. The Labute approximate surface area is 193 Å². The van der Waals surface area contributed by atoms with Gasteiger partial charge >= 0.3 is 6.09 Å². The van der Waals surface area contributed by atoms with Crippen molar-refractivity contribution in [2.75, 3.05) is 39.8 Å². The fourth-order valence-electron chi connectivity index (χ4n) is 4.94. The van der Waals surface area contributed by atoms with Crippen molar-refractivity contribution >= 4 is 12.1 Å². The molecular weight excluding hydrogens is 402 g/mol. The number of amides is 1. The smallest absolute Gasteiger partial charge is 0.409 e. The number of hydrogen-bond acceptors (Lipinski definition) is 4. The van der Waals surface area contributed by atoms with Crippen molar-refractivity contribution in [3.8, 4) is 0 Å². The van der Waals surface area contributed by atoms with E-state index in [1.54, 1.807) is 11.9 Å². The first-order valence-corrected chi connectivity index (χ1v) is 12.2. The zero-order chi connectivity index (χ0) is 22.9. The molecule has 0 radical (unpaired) electrons. The van der Waals surface area contributed by atoms with Gasteiger partial charge in [0, 0.05) is 52.4 Å². The highest BCUT2D eigenvalue weighted by molar-refractivity contribution is 5.80. The van der Waals surface area contributed by atoms with Crippen molar-refractivity contribution in [2.24, 2.45) is 16.8 Å². The largest absolute Gasteiger partial charge is 0.450 e. The van der Waals surface area contributed by atoms with E-state index in [1.165, 1.54) is 30.6 Å². The zero-order valence-corrected chi connectivity index (χ0v) is 20.3. The van der Waals surface area contributed by atoms with E-state index in [0.29, 0.717) is 25.7 Å². The molecule has 1 aromatic rings. The number of likely N-dealkylation sites (tertiary alicyclic amines) is 2. The normalized spacial score (nSPS) is 23.1. The number of carbonyl (C=O) groups is 1. The minimum Gasteiger partial charge on any atom is -0.450 e. The van der Waals surface area contributed by atoms with Gasteiger partial charge in [0.2, 0.25) is 0 Å². The predicted molar refractivity (Wildman–Crippen MR) is 130 cm³/mol. The molecule has 2 N–H and O–H groups in total. The van der Waals surface area contributed by atoms with E-state index in [1.807, 2.05) is 6.92 Å². The van der Waals surface area contributed by atoms with E-state index in [2.05, 4.69) is 58.6 Å². The minimum absolute atomic E-state index is 0.207. The lowest BCUT2D eigenvalue weighted by molar-refractivity contribution is 0.0963. The molecule has 0 saturated carbocycles. The molecule has 32 heavy (non-hydrogen) atoms. The summed E-state index contributed by atoms with van der Waals surface area (Å²) >= 11 is 0. The van der Waals surface area contributed by atoms with E-state index in [0.717, 1.165) is 43.7 Å². The molecule has 2 saturated heterocycles. The molecule has 1 amide bonds. The number of nitrogens with one attached hydrogen (secondary N) is 2. The van der Waals surface area contributed by atoms with Crippen LogP contribution in [0.5, 0.6) is 0 Å². The van der Waals surface area contributed by atoms with Crippen molar-refractivity contribution in [2.45, 2.75) is 59.2 Å². The van der Waals surface area contributed by atoms with Gasteiger partial charge in [-0.1, -0.05) is 38.1 Å². The summed E-state index contributed by atoms with van der Waals surface area (Å²) in [5, 5.41) is 6.92. The van der Waals surface area contributed by atoms with Gasteiger partial charge in [0.15, 0.2) is 5.96 Å². The van der Waals surface area contributed by atoms with Gasteiger partial charge in [-0.2, -0.15) is 0 Å². The molecule has 2 aliphatic rings. The molecule has 2 heterocycles. The van der Waals surface area contributed by atoms with Crippen LogP contribution in [0.2, 0.25) is 0 Å². The highest BCUT2D eigenvalue weighted by Crippen LogP contribution is 2.22. The van der Waals surface area contributed by atoms with Crippen LogP contribution in [0.3, 0.4) is 0 Å². The maximum Gasteiger partial charge on any atom is 0.409 e. The van der Waals surface area contributed by atoms with Gasteiger partial charge in [-0.25, -0.2) is 4.79 Å². The molecule has 0 aromatic heterocycles. The second kappa shape index (κ2) is 12.1. The molecule has 7 nitrogen and oxygen atoms in total. The summed E-state index contributed by atoms with van der Waals surface area (Å²) in [6.45, 7) is 12.6. The lowest BCUT2D eigenvalue weighted by Gasteiger charge is -2.35. The molecule has 1 aromatic carbocycles. The number of benzene rings is 1. The number of nitrogens with zero attached hydrogens (tertiary/aromatic N) is 3. The third-order valence-electron chi connectivity index (χ3n) is 6.42. The van der Waals surface area contributed by atoms with Crippen molar-refractivity contribution in [1.29, 1.82) is 0 Å². The van der Waals surface area contributed by atoms with Gasteiger partial charge < -0.3 is 20.3 Å². The third-order valence-corrected chi connectivity index (χ3v) is 6.42. The van der Waals surface area contributed by atoms with Gasteiger partial charge in [-0.15, -0.1) is 0 Å². The lowest BCUT2D eigenvalue weighted by Crippen LogP contribution is -2.49. The zero-order valence-electron chi connectivity index (χ0n) is 20.3. The summed E-state index contributed by atoms with van der Waals surface area (Å²) < 4.78 is 5.09. The number of piperidine rings is 2. The molecule has 0 bridgehead atoms. The van der Waals surface area contributed by atoms with Gasteiger partial charge in [-0.3, -0.25) is 9.89 Å². The third kappa shape index (κ3) is 7.40. The second-order valence-corrected chi connectivity index (χ2v) is 9.49. The Balaban J connectivity index is 1.41. The number of ether oxygens (including phenoxy) is 1. The van der Waals surface area contributed by atoms with Crippen LogP contribution >= 0.6 is 0 Å². The maximum atomic E-state index is 11.9. The van der Waals surface area contributed by atoms with E-state index in [9.17, 15) is 4.79 Å². The average Bonchev–Trinajstić information content (AvgIpc) is 2.77. The topological polar surface area (TPSA) is 69.2 Å². The summed E-state index contributed by atoms with van der Waals surface area (Å²) in [6.07, 6.45) is 2.92. The fraction of sp³-hybridized carbons (Fsp3) is 0.680. The monoisotopic (exact) mass is 443 g/mol. The Morgan fingerprint density at radius 2 is 1.72 bits per heavy atom. The first-order valence-electron chi connectivity index (χ1n) is 12.2. The van der Waals surface area contributed by atoms with E-state index in [-0.39, 0.29) is 6.09 Å². The van der Waals surface area contributed by atoms with E-state index in [4.69, 9.17) is 4.74 Å². The molecule has 7 heteroatoms. The number of guanidine groups is 1. The molecule has 2 unspecified atom stereocenters. The average molecular weight is 444 g/mol. The number of hydrogen-bond donors (Lipinski definition) is 2. The van der Waals surface area contributed by atoms with Crippen LogP contribution in [-0.4, -0.2) is 67.7 Å². The quantitative estimate of drug-likeness (QED) is 0.521. The number of rotatable bonds is 6. The second-order valence-electron chi connectivity index (χ2n) is 9.49. The van der Waals surface area contributed by atoms with Crippen molar-refractivity contribution in [3.63, 3.8) is 0 Å². The van der Waals surface area contributed by atoms with Gasteiger partial charge in [0.25, 0.3) is 0 Å². The van der Waals surface area contributed by atoms with E-state index < -0.39 is 0 Å². The highest BCUT2D eigenvalue weighted by atomic mass is 16.6. The Bertz CT molecular complexity index is 733. The molecule has 2 aliphatic heterocycles. The Hall–Kier alpha value is -2.28. The van der Waals surface area contributed by atoms with Gasteiger partial charge in [0.1, 0.15) is 0 Å². The molecule has 0 aliphatic carbocycles. The Morgan fingerprint density at radius 3 is 2.31 bits per heavy atom. The summed E-state index contributed by atoms with van der Waals surface area (Å²) in [7, 11) is 1.80. The van der Waals surface area contributed by atoms with Crippen molar-refractivity contribution in [1.82, 2.24) is 20.4 Å². The minimum atomic E-state index is -0.207. The van der Waals surface area contributed by atoms with Gasteiger partial charge in [0.05, 0.1) is 6.61 Å². The predicted octanol–water partition coefficient (Wildman–Crippen LogP) is 3.45. The molecule has 2 atom stereocenters. The van der Waals surface area contributed by atoms with Crippen LogP contribution in [0.25, 0.3) is 0 Å². The van der Waals surface area contributed by atoms with Crippen LogP contribution in [0.15, 0.2) is 29.3 Å². The standard InChI is InChI=1S/C25H41N5O2/c1-5-32-25(31)30-12-10-23(11-13-30)28-24(26-4)27-15-21-6-8-22(9-7-21)18-29-16-19(2)14-20(3)17-29/h6-9,19-20,23H,5,10-18H2,1-4H3,(H2,26,27,28). The molecule has 3 rings (SSSR count). The Kier molecular flexibility index (Phi) is 9.21. The van der Waals surface area contributed by atoms with Crippen LogP contribution in [0, 0.1) is 11.8 Å². The summed E-state index contributed by atoms with van der Waals surface area (Å²) in [5.74, 6) is 2.39.